The van der Waals surface area contributed by atoms with Crippen LogP contribution in [0.15, 0.2) is 72.3 Å². The van der Waals surface area contributed by atoms with Gasteiger partial charge in [-0.2, -0.15) is 5.26 Å². The lowest BCUT2D eigenvalue weighted by Crippen LogP contribution is -2.29. The highest BCUT2D eigenvalue weighted by Crippen LogP contribution is 2.45. The van der Waals surface area contributed by atoms with E-state index in [2.05, 4.69) is 0 Å². The van der Waals surface area contributed by atoms with Gasteiger partial charge in [0.05, 0.1) is 42.6 Å². The molecule has 8 heteroatoms. The van der Waals surface area contributed by atoms with Crippen molar-refractivity contribution in [2.45, 2.75) is 6.04 Å². The van der Waals surface area contributed by atoms with Gasteiger partial charge in [-0.1, -0.05) is 18.2 Å². The van der Waals surface area contributed by atoms with E-state index in [1.165, 1.54) is 12.0 Å². The summed E-state index contributed by atoms with van der Waals surface area (Å²) in [7, 11) is 3.43. The summed E-state index contributed by atoms with van der Waals surface area (Å²) in [6, 6.07) is 19.7. The van der Waals surface area contributed by atoms with Gasteiger partial charge in [0.1, 0.15) is 23.9 Å². The number of nitrogens with zero attached hydrogens (tertiary/aromatic N) is 3. The van der Waals surface area contributed by atoms with Gasteiger partial charge >= 0.3 is 0 Å². The second-order valence-electron chi connectivity index (χ2n) is 8.52. The van der Waals surface area contributed by atoms with Crippen LogP contribution in [0.3, 0.4) is 0 Å². The van der Waals surface area contributed by atoms with Crippen LogP contribution in [0.5, 0.6) is 11.5 Å². The highest BCUT2D eigenvalue weighted by molar-refractivity contribution is 6.51. The average molecular weight is 482 g/mol. The van der Waals surface area contributed by atoms with E-state index in [4.69, 9.17) is 9.47 Å². The standard InChI is InChI=1S/C28H23N3O5/c1-30-13-14-36-23-12-9-18(15-21(23)30)26(32)24-25(20-5-3-4-6-22(20)35-2)31(28(34)27(24)33)19-10-7-17(16-29)8-11-19/h3-12,15,25,32H,13-14H2,1-2H3/b26-24+. The number of aliphatic hydroxyl groups is 1. The first-order valence-corrected chi connectivity index (χ1v) is 11.4. The van der Waals surface area contributed by atoms with Crippen LogP contribution in [0, 0.1) is 11.3 Å². The number of para-hydroxylation sites is 1. The minimum Gasteiger partial charge on any atom is -0.507 e. The summed E-state index contributed by atoms with van der Waals surface area (Å²) in [6.07, 6.45) is 0. The van der Waals surface area contributed by atoms with E-state index in [0.29, 0.717) is 47.0 Å². The van der Waals surface area contributed by atoms with Crippen molar-refractivity contribution < 1.29 is 24.2 Å². The number of carbonyl (C=O) groups is 2. The fourth-order valence-electron chi connectivity index (χ4n) is 4.64. The molecule has 1 N–H and O–H groups in total. The molecule has 0 radical (unpaired) electrons. The Labute approximate surface area is 208 Å². The molecule has 0 spiro atoms. The topological polar surface area (TPSA) is 103 Å². The minimum absolute atomic E-state index is 0.0480. The number of amides is 1. The molecule has 36 heavy (non-hydrogen) atoms. The second-order valence-corrected chi connectivity index (χ2v) is 8.52. The SMILES string of the molecule is COc1ccccc1C1/C(=C(\O)c2ccc3c(c2)N(C)CCO3)C(=O)C(=O)N1c1ccc(C#N)cc1. The summed E-state index contributed by atoms with van der Waals surface area (Å²) in [5.41, 5.74) is 2.51. The van der Waals surface area contributed by atoms with Crippen molar-refractivity contribution in [2.75, 3.05) is 37.1 Å². The van der Waals surface area contributed by atoms with E-state index < -0.39 is 17.7 Å². The number of ketones is 1. The molecule has 3 aromatic rings. The van der Waals surface area contributed by atoms with Gasteiger partial charge in [0.2, 0.25) is 0 Å². The van der Waals surface area contributed by atoms with Crippen molar-refractivity contribution in [3.63, 3.8) is 0 Å². The van der Waals surface area contributed by atoms with Gasteiger partial charge in [0, 0.05) is 23.9 Å². The lowest BCUT2D eigenvalue weighted by Gasteiger charge is -2.28. The number of carbonyl (C=O) groups excluding carboxylic acids is 2. The molecule has 2 aliphatic rings. The molecule has 1 unspecified atom stereocenters. The van der Waals surface area contributed by atoms with Crippen molar-refractivity contribution in [3.8, 4) is 17.6 Å². The van der Waals surface area contributed by atoms with Crippen LogP contribution in [-0.2, 0) is 9.59 Å². The van der Waals surface area contributed by atoms with E-state index in [1.807, 2.05) is 18.0 Å². The monoisotopic (exact) mass is 481 g/mol. The number of aliphatic hydroxyl groups excluding tert-OH is 1. The van der Waals surface area contributed by atoms with Crippen LogP contribution in [0.25, 0.3) is 5.76 Å². The fourth-order valence-corrected chi connectivity index (χ4v) is 4.64. The van der Waals surface area contributed by atoms with Crippen molar-refractivity contribution in [3.05, 3.63) is 89.0 Å². The van der Waals surface area contributed by atoms with Crippen molar-refractivity contribution in [1.29, 1.82) is 5.26 Å². The second kappa shape index (κ2) is 9.12. The summed E-state index contributed by atoms with van der Waals surface area (Å²) >= 11 is 0. The molecule has 0 bridgehead atoms. The zero-order valence-corrected chi connectivity index (χ0v) is 19.8. The molecule has 2 heterocycles. The number of hydrogen-bond donors (Lipinski definition) is 1. The molecular formula is C28H23N3O5. The molecule has 2 aliphatic heterocycles. The van der Waals surface area contributed by atoms with Crippen molar-refractivity contribution >= 4 is 28.8 Å². The van der Waals surface area contributed by atoms with E-state index in [9.17, 15) is 20.0 Å². The summed E-state index contributed by atoms with van der Waals surface area (Å²) in [5, 5.41) is 20.7. The number of methoxy groups -OCH3 is 1. The number of benzene rings is 3. The minimum atomic E-state index is -0.945. The highest BCUT2D eigenvalue weighted by atomic mass is 16.5. The molecule has 0 saturated carbocycles. The third-order valence-corrected chi connectivity index (χ3v) is 6.48. The van der Waals surface area contributed by atoms with Crippen LogP contribution in [0.4, 0.5) is 11.4 Å². The lowest BCUT2D eigenvalue weighted by atomic mass is 9.94. The molecule has 1 saturated heterocycles. The van der Waals surface area contributed by atoms with E-state index >= 15 is 0 Å². The first kappa shape index (κ1) is 23.0. The number of rotatable bonds is 4. The summed E-state index contributed by atoms with van der Waals surface area (Å²) in [5.74, 6) is -0.736. The van der Waals surface area contributed by atoms with Crippen LogP contribution in [0.2, 0.25) is 0 Å². The van der Waals surface area contributed by atoms with Gasteiger partial charge in [0.15, 0.2) is 0 Å². The van der Waals surface area contributed by atoms with E-state index in [0.717, 1.165) is 5.69 Å². The Balaban J connectivity index is 1.72. The van der Waals surface area contributed by atoms with Gasteiger partial charge < -0.3 is 19.5 Å². The Kier molecular flexibility index (Phi) is 5.82. The van der Waals surface area contributed by atoms with Crippen LogP contribution in [-0.4, -0.2) is 44.1 Å². The number of likely N-dealkylation sites (N-methyl/N-ethyl adjacent to an activating group) is 1. The van der Waals surface area contributed by atoms with Gasteiger partial charge in [-0.25, -0.2) is 0 Å². The van der Waals surface area contributed by atoms with E-state index in [1.54, 1.807) is 66.7 Å². The molecule has 0 aliphatic carbocycles. The smallest absolute Gasteiger partial charge is 0.300 e. The Hall–Kier alpha value is -4.77. The third kappa shape index (κ3) is 3.71. The van der Waals surface area contributed by atoms with Gasteiger partial charge in [-0.05, 0) is 48.5 Å². The van der Waals surface area contributed by atoms with Crippen LogP contribution in [0.1, 0.15) is 22.7 Å². The summed E-state index contributed by atoms with van der Waals surface area (Å²) < 4.78 is 11.3. The average Bonchev–Trinajstić information content (AvgIpc) is 3.18. The summed E-state index contributed by atoms with van der Waals surface area (Å²) in [6.45, 7) is 1.24. The predicted octanol–water partition coefficient (Wildman–Crippen LogP) is 4.02. The maximum atomic E-state index is 13.4. The number of nitriles is 1. The Morgan fingerprint density at radius 2 is 1.86 bits per heavy atom. The molecule has 0 aromatic heterocycles. The Bertz CT molecular complexity index is 1440. The number of anilines is 2. The Morgan fingerprint density at radius 3 is 2.58 bits per heavy atom. The highest BCUT2D eigenvalue weighted by Gasteiger charge is 2.48. The predicted molar refractivity (Wildman–Crippen MR) is 134 cm³/mol. The third-order valence-electron chi connectivity index (χ3n) is 6.48. The zero-order chi connectivity index (χ0) is 25.4. The quantitative estimate of drug-likeness (QED) is 0.341. The van der Waals surface area contributed by atoms with Crippen molar-refractivity contribution in [2.24, 2.45) is 0 Å². The molecule has 1 atom stereocenters. The fraction of sp³-hybridized carbons (Fsp3) is 0.179. The summed E-state index contributed by atoms with van der Waals surface area (Å²) in [4.78, 5) is 30.1. The molecule has 3 aromatic carbocycles. The normalized spacial score (nSPS) is 18.4. The van der Waals surface area contributed by atoms with Crippen LogP contribution >= 0.6 is 0 Å². The molecule has 8 nitrogen and oxygen atoms in total. The first-order chi connectivity index (χ1) is 17.4. The molecule has 1 amide bonds. The maximum absolute atomic E-state index is 13.4. The number of fused-ring (bicyclic) bond motifs is 1. The first-order valence-electron chi connectivity index (χ1n) is 11.4. The van der Waals surface area contributed by atoms with E-state index in [-0.39, 0.29) is 11.3 Å². The molecule has 180 valence electrons. The number of Topliss-reactive ketones (excluding diaryl/α,β-unsaturated/α-hetero) is 1. The molecule has 5 rings (SSSR count). The largest absolute Gasteiger partial charge is 0.507 e. The van der Waals surface area contributed by atoms with Gasteiger partial charge in [0.25, 0.3) is 11.7 Å². The number of hydrogen-bond acceptors (Lipinski definition) is 7. The molecule has 1 fully saturated rings. The molecular weight excluding hydrogens is 458 g/mol. The van der Waals surface area contributed by atoms with Crippen LogP contribution < -0.4 is 19.3 Å². The van der Waals surface area contributed by atoms with Crippen molar-refractivity contribution in [1.82, 2.24) is 0 Å². The number of ether oxygens (including phenoxy) is 2. The van der Waals surface area contributed by atoms with Gasteiger partial charge in [-0.15, -0.1) is 0 Å². The zero-order valence-electron chi connectivity index (χ0n) is 19.8. The maximum Gasteiger partial charge on any atom is 0.300 e. The lowest BCUT2D eigenvalue weighted by molar-refractivity contribution is -0.132. The Morgan fingerprint density at radius 1 is 1.11 bits per heavy atom. The van der Waals surface area contributed by atoms with Gasteiger partial charge in [-0.3, -0.25) is 14.5 Å².